The molecule has 14 heavy (non-hydrogen) atoms. The highest BCUT2D eigenvalue weighted by atomic mass is 35.5. The molecule has 0 aromatic carbocycles. The minimum absolute atomic E-state index is 0.0428. The molecule has 5 heteroatoms. The van der Waals surface area contributed by atoms with Gasteiger partial charge < -0.3 is 11.1 Å². The van der Waals surface area contributed by atoms with Crippen LogP contribution in [-0.2, 0) is 0 Å². The van der Waals surface area contributed by atoms with Gasteiger partial charge in [0.05, 0.1) is 9.21 Å². The molecule has 76 valence electrons. The van der Waals surface area contributed by atoms with Crippen LogP contribution >= 0.6 is 22.9 Å². The minimum atomic E-state index is -0.0428. The zero-order valence-corrected chi connectivity index (χ0v) is 9.07. The largest absolute Gasteiger partial charge is 0.348 e. The Hall–Kier alpha value is -0.580. The normalized spacial score (nSPS) is 25.6. The average Bonchev–Trinajstić information content (AvgIpc) is 2.49. The number of amides is 1. The summed E-state index contributed by atoms with van der Waals surface area (Å²) in [6, 6.07) is 3.97. The number of carbonyl (C=O) groups excluding carboxylic acids is 1. The Morgan fingerprint density at radius 2 is 2.29 bits per heavy atom. The van der Waals surface area contributed by atoms with E-state index < -0.39 is 0 Å². The molecule has 3 N–H and O–H groups in total. The second-order valence-electron chi connectivity index (χ2n) is 3.51. The highest BCUT2D eigenvalue weighted by molar-refractivity contribution is 7.17. The van der Waals surface area contributed by atoms with E-state index in [4.69, 9.17) is 17.3 Å². The predicted octanol–water partition coefficient (Wildman–Crippen LogP) is 1.62. The van der Waals surface area contributed by atoms with Crippen LogP contribution in [0.2, 0.25) is 4.34 Å². The monoisotopic (exact) mass is 230 g/mol. The molecular formula is C9H11ClN2OS. The summed E-state index contributed by atoms with van der Waals surface area (Å²) in [5, 5.41) is 2.91. The fourth-order valence-corrected chi connectivity index (χ4v) is 2.42. The summed E-state index contributed by atoms with van der Waals surface area (Å²) in [5.41, 5.74) is 5.62. The van der Waals surface area contributed by atoms with E-state index >= 15 is 0 Å². The molecule has 1 aromatic heterocycles. The third kappa shape index (κ3) is 2.08. The number of carbonyl (C=O) groups is 1. The van der Waals surface area contributed by atoms with Gasteiger partial charge in [-0.3, -0.25) is 4.79 Å². The molecule has 1 aliphatic rings. The van der Waals surface area contributed by atoms with Crippen molar-refractivity contribution < 1.29 is 4.79 Å². The molecule has 0 radical (unpaired) electrons. The maximum absolute atomic E-state index is 11.6. The minimum Gasteiger partial charge on any atom is -0.348 e. The Kier molecular flexibility index (Phi) is 2.76. The van der Waals surface area contributed by atoms with Crippen LogP contribution in [0.5, 0.6) is 0 Å². The van der Waals surface area contributed by atoms with Gasteiger partial charge in [-0.1, -0.05) is 11.6 Å². The molecule has 1 aliphatic carbocycles. The first-order valence-corrected chi connectivity index (χ1v) is 5.66. The number of rotatable bonds is 2. The van der Waals surface area contributed by atoms with Gasteiger partial charge in [0.25, 0.3) is 5.91 Å². The molecular weight excluding hydrogens is 220 g/mol. The van der Waals surface area contributed by atoms with Crippen LogP contribution < -0.4 is 11.1 Å². The first-order valence-electron chi connectivity index (χ1n) is 4.47. The topological polar surface area (TPSA) is 55.1 Å². The lowest BCUT2D eigenvalue weighted by molar-refractivity contribution is 0.0914. The van der Waals surface area contributed by atoms with Crippen molar-refractivity contribution in [3.63, 3.8) is 0 Å². The fraction of sp³-hybridized carbons (Fsp3) is 0.444. The predicted molar refractivity (Wildman–Crippen MR) is 57.8 cm³/mol. The summed E-state index contributed by atoms with van der Waals surface area (Å²) in [6.45, 7) is 0. The number of nitrogens with two attached hydrogens (primary N) is 1. The maximum atomic E-state index is 11.6. The molecule has 1 saturated carbocycles. The van der Waals surface area contributed by atoms with E-state index in [0.29, 0.717) is 9.21 Å². The molecule has 1 amide bonds. The van der Waals surface area contributed by atoms with E-state index in [1.165, 1.54) is 11.3 Å². The van der Waals surface area contributed by atoms with E-state index in [1.54, 1.807) is 12.1 Å². The van der Waals surface area contributed by atoms with Crippen LogP contribution in [0.15, 0.2) is 12.1 Å². The highest BCUT2D eigenvalue weighted by Crippen LogP contribution is 2.23. The summed E-state index contributed by atoms with van der Waals surface area (Å²) in [5.74, 6) is -0.0428. The lowest BCUT2D eigenvalue weighted by atomic mass is 9.87. The second kappa shape index (κ2) is 3.88. The van der Waals surface area contributed by atoms with Gasteiger partial charge in [0.2, 0.25) is 0 Å². The van der Waals surface area contributed by atoms with Crippen LogP contribution in [0, 0.1) is 0 Å². The summed E-state index contributed by atoms with van der Waals surface area (Å²) in [7, 11) is 0. The SMILES string of the molecule is NC1CC(NC(=O)c2ccc(Cl)s2)C1. The highest BCUT2D eigenvalue weighted by Gasteiger charge is 2.27. The maximum Gasteiger partial charge on any atom is 0.261 e. The Morgan fingerprint density at radius 1 is 1.57 bits per heavy atom. The standard InChI is InChI=1S/C9H11ClN2OS/c10-8-2-1-7(14-8)9(13)12-6-3-5(11)4-6/h1-2,5-6H,3-4,11H2,(H,12,13). The van der Waals surface area contributed by atoms with Crippen molar-refractivity contribution in [3.05, 3.63) is 21.3 Å². The fourth-order valence-electron chi connectivity index (χ4n) is 1.47. The van der Waals surface area contributed by atoms with Gasteiger partial charge in [-0.15, -0.1) is 11.3 Å². The second-order valence-corrected chi connectivity index (χ2v) is 5.22. The molecule has 0 spiro atoms. The van der Waals surface area contributed by atoms with Gasteiger partial charge in [-0.05, 0) is 25.0 Å². The number of nitrogens with one attached hydrogen (secondary N) is 1. The number of hydrogen-bond donors (Lipinski definition) is 2. The Bertz CT molecular complexity index is 346. The van der Waals surface area contributed by atoms with Gasteiger partial charge in [0.15, 0.2) is 0 Å². The Morgan fingerprint density at radius 3 is 2.79 bits per heavy atom. The quantitative estimate of drug-likeness (QED) is 0.811. The molecule has 0 atom stereocenters. The summed E-state index contributed by atoms with van der Waals surface area (Å²) in [4.78, 5) is 12.2. The van der Waals surface area contributed by atoms with Crippen molar-refractivity contribution in [2.45, 2.75) is 24.9 Å². The van der Waals surface area contributed by atoms with Gasteiger partial charge in [-0.2, -0.15) is 0 Å². The van der Waals surface area contributed by atoms with Crippen molar-refractivity contribution in [2.75, 3.05) is 0 Å². The van der Waals surface area contributed by atoms with Gasteiger partial charge in [0.1, 0.15) is 0 Å². The van der Waals surface area contributed by atoms with E-state index in [9.17, 15) is 4.79 Å². The van der Waals surface area contributed by atoms with Crippen LogP contribution in [0.25, 0.3) is 0 Å². The summed E-state index contributed by atoms with van der Waals surface area (Å²) < 4.78 is 0.639. The molecule has 0 unspecified atom stereocenters. The van der Waals surface area contributed by atoms with Crippen molar-refractivity contribution in [1.82, 2.24) is 5.32 Å². The molecule has 1 heterocycles. The Labute approximate surface area is 91.2 Å². The van der Waals surface area contributed by atoms with Crippen molar-refractivity contribution in [2.24, 2.45) is 5.73 Å². The number of hydrogen-bond acceptors (Lipinski definition) is 3. The van der Waals surface area contributed by atoms with Crippen molar-refractivity contribution >= 4 is 28.8 Å². The molecule has 1 aromatic rings. The van der Waals surface area contributed by atoms with E-state index in [2.05, 4.69) is 5.32 Å². The van der Waals surface area contributed by atoms with Gasteiger partial charge in [-0.25, -0.2) is 0 Å². The summed E-state index contributed by atoms with van der Waals surface area (Å²) in [6.07, 6.45) is 1.76. The molecule has 0 saturated heterocycles. The zero-order valence-electron chi connectivity index (χ0n) is 7.50. The van der Waals surface area contributed by atoms with Gasteiger partial charge in [0, 0.05) is 12.1 Å². The molecule has 3 nitrogen and oxygen atoms in total. The zero-order chi connectivity index (χ0) is 10.1. The number of halogens is 1. The lowest BCUT2D eigenvalue weighted by Crippen LogP contribution is -2.50. The molecule has 0 aliphatic heterocycles. The van der Waals surface area contributed by atoms with E-state index in [1.807, 2.05) is 0 Å². The van der Waals surface area contributed by atoms with E-state index in [-0.39, 0.29) is 18.0 Å². The third-order valence-corrected chi connectivity index (χ3v) is 3.54. The van der Waals surface area contributed by atoms with E-state index in [0.717, 1.165) is 12.8 Å². The smallest absolute Gasteiger partial charge is 0.261 e. The van der Waals surface area contributed by atoms with Crippen LogP contribution in [0.3, 0.4) is 0 Å². The first-order chi connectivity index (χ1) is 6.65. The van der Waals surface area contributed by atoms with Crippen LogP contribution in [0.1, 0.15) is 22.5 Å². The lowest BCUT2D eigenvalue weighted by Gasteiger charge is -2.32. The van der Waals surface area contributed by atoms with Gasteiger partial charge >= 0.3 is 0 Å². The third-order valence-electron chi connectivity index (χ3n) is 2.31. The molecule has 2 rings (SSSR count). The first kappa shape index (κ1) is 9.96. The van der Waals surface area contributed by atoms with Crippen molar-refractivity contribution in [3.8, 4) is 0 Å². The molecule has 0 bridgehead atoms. The van der Waals surface area contributed by atoms with Crippen molar-refractivity contribution in [1.29, 1.82) is 0 Å². The van der Waals surface area contributed by atoms with Crippen LogP contribution in [-0.4, -0.2) is 18.0 Å². The van der Waals surface area contributed by atoms with Crippen LogP contribution in [0.4, 0.5) is 0 Å². The number of thiophene rings is 1. The summed E-state index contributed by atoms with van der Waals surface area (Å²) >= 11 is 7.03. The Balaban J connectivity index is 1.90. The average molecular weight is 231 g/mol. The molecule has 1 fully saturated rings.